The van der Waals surface area contributed by atoms with Gasteiger partial charge in [0.2, 0.25) is 11.8 Å². The van der Waals surface area contributed by atoms with Crippen molar-refractivity contribution in [3.8, 4) is 11.1 Å². The number of amides is 2. The van der Waals surface area contributed by atoms with Crippen molar-refractivity contribution in [1.29, 1.82) is 0 Å². The molecule has 14 heteroatoms. The highest BCUT2D eigenvalue weighted by Gasteiger charge is 2.46. The molecule has 1 saturated heterocycles. The van der Waals surface area contributed by atoms with Gasteiger partial charge < -0.3 is 10.2 Å². The summed E-state index contributed by atoms with van der Waals surface area (Å²) in [6, 6.07) is 5.79. The highest BCUT2D eigenvalue weighted by atomic mass is 79.9. The summed E-state index contributed by atoms with van der Waals surface area (Å²) in [5, 5.41) is 8.02. The molecule has 1 aliphatic heterocycles. The molecule has 0 spiro atoms. The number of hydrogen-bond donors (Lipinski definition) is 1. The van der Waals surface area contributed by atoms with Gasteiger partial charge in [0.25, 0.3) is 0 Å². The maximum absolute atomic E-state index is 14.3. The fourth-order valence-electron chi connectivity index (χ4n) is 6.16. The SMILES string of the molecule is C=C[C@@H]1[C@@H](CCS(C)(=O)=O)C[C@@H](C(=O)Nc2nc(Br)ccc2C)N1C(=O)Cn1nc(C(C)=O)c2cc(-c3cnc(C)nc3)cc(C)c21. The third-order valence-electron chi connectivity index (χ3n) is 8.43. The molecule has 246 valence electrons. The minimum Gasteiger partial charge on any atom is -0.322 e. The Labute approximate surface area is 281 Å². The van der Waals surface area contributed by atoms with Crippen molar-refractivity contribution in [2.24, 2.45) is 5.92 Å². The Morgan fingerprint density at radius 1 is 1.09 bits per heavy atom. The topological polar surface area (TPSA) is 157 Å². The van der Waals surface area contributed by atoms with Crippen LogP contribution in [0.25, 0.3) is 22.0 Å². The molecule has 0 unspecified atom stereocenters. The van der Waals surface area contributed by atoms with E-state index in [1.165, 1.54) is 16.5 Å². The lowest BCUT2D eigenvalue weighted by atomic mass is 9.96. The number of carbonyl (C=O) groups is 3. The molecule has 1 aromatic carbocycles. The van der Waals surface area contributed by atoms with Gasteiger partial charge in [0.1, 0.15) is 44.4 Å². The van der Waals surface area contributed by atoms with Crippen LogP contribution in [0.15, 0.2) is 53.9 Å². The molecular weight excluding hydrogens is 686 g/mol. The second-order valence-corrected chi connectivity index (χ2v) is 15.1. The summed E-state index contributed by atoms with van der Waals surface area (Å²) in [7, 11) is -3.29. The zero-order valence-corrected chi connectivity index (χ0v) is 29.2. The molecule has 4 heterocycles. The summed E-state index contributed by atoms with van der Waals surface area (Å²) in [5.74, 6) is -0.580. The van der Waals surface area contributed by atoms with E-state index in [9.17, 15) is 22.8 Å². The van der Waals surface area contributed by atoms with E-state index in [2.05, 4.69) is 47.9 Å². The summed E-state index contributed by atoms with van der Waals surface area (Å²) in [6.07, 6.45) is 6.66. The number of ketones is 1. The van der Waals surface area contributed by atoms with Crippen molar-refractivity contribution in [3.05, 3.63) is 76.6 Å². The van der Waals surface area contributed by atoms with Gasteiger partial charge in [-0.1, -0.05) is 12.1 Å². The van der Waals surface area contributed by atoms with Crippen LogP contribution in [-0.4, -0.2) is 79.7 Å². The predicted molar refractivity (Wildman–Crippen MR) is 183 cm³/mol. The fourth-order valence-corrected chi connectivity index (χ4v) is 7.20. The Balaban J connectivity index is 1.52. The third-order valence-corrected chi connectivity index (χ3v) is 9.85. The van der Waals surface area contributed by atoms with E-state index in [4.69, 9.17) is 0 Å². The molecule has 0 saturated carbocycles. The summed E-state index contributed by atoms with van der Waals surface area (Å²) in [5.41, 5.74) is 3.91. The van der Waals surface area contributed by atoms with Crippen LogP contribution in [0.1, 0.15) is 47.2 Å². The number of fused-ring (bicyclic) bond motifs is 1. The molecule has 12 nitrogen and oxygen atoms in total. The second-order valence-electron chi connectivity index (χ2n) is 12.0. The Bertz CT molecular complexity index is 2010. The van der Waals surface area contributed by atoms with Gasteiger partial charge in [0.15, 0.2) is 5.78 Å². The minimum atomic E-state index is -3.29. The summed E-state index contributed by atoms with van der Waals surface area (Å²) < 4.78 is 26.2. The molecule has 3 aromatic heterocycles. The van der Waals surface area contributed by atoms with Gasteiger partial charge in [-0.3, -0.25) is 19.1 Å². The van der Waals surface area contributed by atoms with Crippen LogP contribution < -0.4 is 5.32 Å². The minimum absolute atomic E-state index is 0.0933. The molecule has 5 rings (SSSR count). The molecule has 1 N–H and O–H groups in total. The average molecular weight is 723 g/mol. The third kappa shape index (κ3) is 7.33. The van der Waals surface area contributed by atoms with Crippen molar-refractivity contribution in [2.45, 2.75) is 59.2 Å². The Morgan fingerprint density at radius 2 is 1.79 bits per heavy atom. The summed E-state index contributed by atoms with van der Waals surface area (Å²) >= 11 is 3.33. The van der Waals surface area contributed by atoms with Crippen LogP contribution in [0, 0.1) is 26.7 Å². The number of anilines is 1. The zero-order valence-electron chi connectivity index (χ0n) is 26.8. The average Bonchev–Trinajstić information content (AvgIpc) is 3.57. The van der Waals surface area contributed by atoms with Crippen molar-refractivity contribution < 1.29 is 22.8 Å². The number of Topliss-reactive ketones (excluding diaryl/α,β-unsaturated/α-hetero) is 1. The van der Waals surface area contributed by atoms with E-state index in [-0.39, 0.29) is 42.5 Å². The first-order valence-electron chi connectivity index (χ1n) is 15.0. The first-order valence-corrected chi connectivity index (χ1v) is 17.9. The van der Waals surface area contributed by atoms with Gasteiger partial charge in [0.05, 0.1) is 17.3 Å². The van der Waals surface area contributed by atoms with Crippen LogP contribution >= 0.6 is 15.9 Å². The number of aromatic nitrogens is 5. The van der Waals surface area contributed by atoms with Crippen molar-refractivity contribution in [3.63, 3.8) is 0 Å². The predicted octanol–water partition coefficient (Wildman–Crippen LogP) is 4.62. The number of aryl methyl sites for hydroxylation is 3. The molecule has 3 atom stereocenters. The second kappa shape index (κ2) is 13.4. The van der Waals surface area contributed by atoms with E-state index in [1.54, 1.807) is 37.5 Å². The molecule has 0 bridgehead atoms. The number of benzene rings is 1. The van der Waals surface area contributed by atoms with Crippen LogP contribution in [-0.2, 0) is 26.0 Å². The molecule has 0 radical (unpaired) electrons. The highest BCUT2D eigenvalue weighted by molar-refractivity contribution is 9.10. The lowest BCUT2D eigenvalue weighted by molar-refractivity contribution is -0.138. The molecule has 2 amide bonds. The Hall–Kier alpha value is -4.30. The van der Waals surface area contributed by atoms with Crippen LogP contribution in [0.3, 0.4) is 0 Å². The number of nitrogens with zero attached hydrogens (tertiary/aromatic N) is 6. The number of likely N-dealkylation sites (tertiary alicyclic amines) is 1. The number of hydrogen-bond acceptors (Lipinski definition) is 9. The smallest absolute Gasteiger partial charge is 0.248 e. The van der Waals surface area contributed by atoms with Crippen molar-refractivity contribution >= 4 is 60.1 Å². The van der Waals surface area contributed by atoms with Crippen molar-refractivity contribution in [2.75, 3.05) is 17.3 Å². The van der Waals surface area contributed by atoms with E-state index < -0.39 is 33.7 Å². The van der Waals surface area contributed by atoms with Gasteiger partial charge in [0, 0.05) is 36.5 Å². The first-order chi connectivity index (χ1) is 22.2. The molecular formula is C33H36BrN7O5S. The van der Waals surface area contributed by atoms with E-state index in [0.29, 0.717) is 27.1 Å². The van der Waals surface area contributed by atoms with Gasteiger partial charge in [-0.2, -0.15) is 5.10 Å². The Morgan fingerprint density at radius 3 is 2.43 bits per heavy atom. The molecule has 1 aliphatic rings. The van der Waals surface area contributed by atoms with Crippen molar-refractivity contribution in [1.82, 2.24) is 29.6 Å². The van der Waals surface area contributed by atoms with Gasteiger partial charge in [-0.05, 0) is 90.4 Å². The number of halogens is 1. The maximum atomic E-state index is 14.3. The van der Waals surface area contributed by atoms with Gasteiger partial charge >= 0.3 is 0 Å². The number of nitrogens with one attached hydrogen (secondary N) is 1. The van der Waals surface area contributed by atoms with Crippen LogP contribution in [0.2, 0.25) is 0 Å². The summed E-state index contributed by atoms with van der Waals surface area (Å²) in [6.45, 7) is 10.6. The molecule has 1 fully saturated rings. The Kier molecular flexibility index (Phi) is 9.73. The first kappa shape index (κ1) is 34.0. The van der Waals surface area contributed by atoms with Gasteiger partial charge in [-0.15, -0.1) is 6.58 Å². The number of pyridine rings is 1. The van der Waals surface area contributed by atoms with Crippen LogP contribution in [0.5, 0.6) is 0 Å². The number of rotatable bonds is 10. The normalized spacial score (nSPS) is 18.0. The number of sulfone groups is 1. The molecule has 47 heavy (non-hydrogen) atoms. The molecule has 4 aromatic rings. The quantitative estimate of drug-likeness (QED) is 0.140. The maximum Gasteiger partial charge on any atom is 0.248 e. The van der Waals surface area contributed by atoms with E-state index in [0.717, 1.165) is 28.5 Å². The van der Waals surface area contributed by atoms with E-state index >= 15 is 0 Å². The summed E-state index contributed by atoms with van der Waals surface area (Å²) in [4.78, 5) is 55.3. The lowest BCUT2D eigenvalue weighted by Gasteiger charge is -2.29. The highest BCUT2D eigenvalue weighted by Crippen LogP contribution is 2.36. The zero-order chi connectivity index (χ0) is 34.2. The lowest BCUT2D eigenvalue weighted by Crippen LogP contribution is -2.48. The largest absolute Gasteiger partial charge is 0.322 e. The fraction of sp³-hybridized carbons (Fsp3) is 0.364. The number of carbonyl (C=O) groups excluding carboxylic acids is 3. The van der Waals surface area contributed by atoms with E-state index in [1.807, 2.05) is 26.0 Å². The molecule has 0 aliphatic carbocycles. The monoisotopic (exact) mass is 721 g/mol. The van der Waals surface area contributed by atoms with Crippen LogP contribution in [0.4, 0.5) is 5.82 Å². The standard InChI is InChI=1S/C33H36BrN7O5S/c1-7-26-22(10-11-47(6,45)46)14-27(33(44)38-32-18(2)8-9-28(34)37-32)41(26)29(43)17-40-31-19(3)12-23(24-15-35-21(5)36-16-24)13-25(31)30(39-40)20(4)42/h7-9,12-13,15-16,22,26-27H,1,10-11,14,17H2,2-6H3,(H,37,38,44)/t22-,26+,27-/m0/s1. The van der Waals surface area contributed by atoms with Gasteiger partial charge in [-0.25, -0.2) is 23.4 Å².